The molecule has 0 amide bonds. The van der Waals surface area contributed by atoms with Crippen LogP contribution in [0.4, 0.5) is 0 Å². The third-order valence-corrected chi connectivity index (χ3v) is 3.08. The monoisotopic (exact) mass is 312 g/mol. The lowest BCUT2D eigenvalue weighted by atomic mass is 10.1. The third kappa shape index (κ3) is 3.17. The van der Waals surface area contributed by atoms with Crippen LogP contribution in [0.3, 0.4) is 0 Å². The van der Waals surface area contributed by atoms with Crippen LogP contribution in [0, 0.1) is 22.7 Å². The summed E-state index contributed by atoms with van der Waals surface area (Å²) in [6.45, 7) is 0. The van der Waals surface area contributed by atoms with Crippen LogP contribution >= 0.6 is 11.6 Å². The predicted molar refractivity (Wildman–Crippen MR) is 78.8 cm³/mol. The van der Waals surface area contributed by atoms with Gasteiger partial charge in [-0.25, -0.2) is 4.79 Å². The Morgan fingerprint density at radius 1 is 1.09 bits per heavy atom. The maximum Gasteiger partial charge on any atom is 0.343 e. The molecule has 0 atom stereocenters. The van der Waals surface area contributed by atoms with Gasteiger partial charge in [-0.3, -0.25) is 0 Å². The zero-order valence-corrected chi connectivity index (χ0v) is 12.2. The number of methoxy groups -OCH3 is 1. The first kappa shape index (κ1) is 15.4. The Labute approximate surface area is 131 Å². The molecule has 22 heavy (non-hydrogen) atoms. The van der Waals surface area contributed by atoms with E-state index in [0.717, 1.165) is 0 Å². The molecular formula is C16H9ClN2O3. The van der Waals surface area contributed by atoms with Crippen LogP contribution in [0.5, 0.6) is 11.5 Å². The highest BCUT2D eigenvalue weighted by atomic mass is 35.5. The van der Waals surface area contributed by atoms with E-state index in [0.29, 0.717) is 11.1 Å². The maximum atomic E-state index is 12.1. The van der Waals surface area contributed by atoms with Crippen LogP contribution in [0.2, 0.25) is 5.02 Å². The van der Waals surface area contributed by atoms with Crippen molar-refractivity contribution in [3.8, 4) is 23.6 Å². The van der Waals surface area contributed by atoms with Crippen molar-refractivity contribution in [3.63, 3.8) is 0 Å². The first-order valence-corrected chi connectivity index (χ1v) is 6.46. The minimum absolute atomic E-state index is 0.0394. The Morgan fingerprint density at radius 3 is 2.27 bits per heavy atom. The van der Waals surface area contributed by atoms with Crippen LogP contribution in [-0.2, 0) is 0 Å². The molecule has 2 aromatic carbocycles. The van der Waals surface area contributed by atoms with Gasteiger partial charge < -0.3 is 9.47 Å². The van der Waals surface area contributed by atoms with Crippen LogP contribution in [0.1, 0.15) is 21.5 Å². The average Bonchev–Trinajstić information content (AvgIpc) is 2.56. The molecule has 0 aliphatic heterocycles. The highest BCUT2D eigenvalue weighted by Crippen LogP contribution is 2.36. The second-order valence-corrected chi connectivity index (χ2v) is 4.59. The van der Waals surface area contributed by atoms with Gasteiger partial charge in [0.25, 0.3) is 0 Å². The first-order chi connectivity index (χ1) is 10.6. The number of carbonyl (C=O) groups is 1. The number of hydrogen-bond acceptors (Lipinski definition) is 5. The number of halogens is 1. The van der Waals surface area contributed by atoms with E-state index in [1.807, 2.05) is 12.1 Å². The number of benzene rings is 2. The van der Waals surface area contributed by atoms with Crippen LogP contribution < -0.4 is 9.47 Å². The van der Waals surface area contributed by atoms with Gasteiger partial charge in [-0.05, 0) is 30.3 Å². The topological polar surface area (TPSA) is 83.1 Å². The standard InChI is InChI=1S/C16H9ClN2O3/c1-21-14-7-11(9-19)6-13(17)15(14)22-16(20)12-4-2-10(8-18)3-5-12/h2-7H,1H3. The Hall–Kier alpha value is -3.02. The number of carbonyl (C=O) groups excluding carboxylic acids is 1. The van der Waals surface area contributed by atoms with E-state index in [1.54, 1.807) is 0 Å². The summed E-state index contributed by atoms with van der Waals surface area (Å²) in [5, 5.41) is 17.7. The second kappa shape index (κ2) is 6.62. The number of ether oxygens (including phenoxy) is 2. The van der Waals surface area contributed by atoms with Gasteiger partial charge in [0.15, 0.2) is 11.5 Å². The van der Waals surface area contributed by atoms with Crippen molar-refractivity contribution in [2.24, 2.45) is 0 Å². The molecule has 108 valence electrons. The summed E-state index contributed by atoms with van der Waals surface area (Å²) >= 11 is 6.02. The molecule has 0 bridgehead atoms. The van der Waals surface area contributed by atoms with Gasteiger partial charge in [-0.2, -0.15) is 10.5 Å². The van der Waals surface area contributed by atoms with Gasteiger partial charge in [0, 0.05) is 6.07 Å². The highest BCUT2D eigenvalue weighted by Gasteiger charge is 2.17. The number of nitrogens with zero attached hydrogens (tertiary/aromatic N) is 2. The van der Waals surface area contributed by atoms with Crippen molar-refractivity contribution in [1.82, 2.24) is 0 Å². The van der Waals surface area contributed by atoms with Crippen LogP contribution in [0.25, 0.3) is 0 Å². The van der Waals surface area contributed by atoms with Crippen molar-refractivity contribution in [2.75, 3.05) is 7.11 Å². The molecular weight excluding hydrogens is 304 g/mol. The summed E-state index contributed by atoms with van der Waals surface area (Å²) < 4.78 is 10.3. The summed E-state index contributed by atoms with van der Waals surface area (Å²) in [5.41, 5.74) is 0.993. The first-order valence-electron chi connectivity index (χ1n) is 6.09. The largest absolute Gasteiger partial charge is 0.493 e. The van der Waals surface area contributed by atoms with Crippen LogP contribution in [-0.4, -0.2) is 13.1 Å². The van der Waals surface area contributed by atoms with Crippen LogP contribution in [0.15, 0.2) is 36.4 Å². The molecule has 0 aliphatic carbocycles. The molecule has 0 heterocycles. The lowest BCUT2D eigenvalue weighted by molar-refractivity contribution is 0.0730. The van der Waals surface area contributed by atoms with E-state index < -0.39 is 5.97 Å². The third-order valence-electron chi connectivity index (χ3n) is 2.80. The Bertz CT molecular complexity index is 802. The van der Waals surface area contributed by atoms with E-state index in [-0.39, 0.29) is 22.1 Å². The zero-order chi connectivity index (χ0) is 16.1. The molecule has 0 N–H and O–H groups in total. The normalized spacial score (nSPS) is 9.45. The molecule has 0 saturated carbocycles. The van der Waals surface area contributed by atoms with Gasteiger partial charge in [0.2, 0.25) is 0 Å². The molecule has 0 spiro atoms. The Kier molecular flexibility index (Phi) is 4.63. The summed E-state index contributed by atoms with van der Waals surface area (Å²) in [6.07, 6.45) is 0. The lowest BCUT2D eigenvalue weighted by Crippen LogP contribution is -2.09. The van der Waals surface area contributed by atoms with Crippen molar-refractivity contribution >= 4 is 17.6 Å². The van der Waals surface area contributed by atoms with Crippen molar-refractivity contribution < 1.29 is 14.3 Å². The molecule has 2 rings (SSSR count). The number of rotatable bonds is 3. The predicted octanol–water partition coefficient (Wildman–Crippen LogP) is 3.31. The van der Waals surface area contributed by atoms with E-state index in [9.17, 15) is 4.79 Å². The fourth-order valence-electron chi connectivity index (χ4n) is 1.72. The molecule has 6 heteroatoms. The van der Waals surface area contributed by atoms with E-state index in [4.69, 9.17) is 31.6 Å². The molecule has 0 saturated heterocycles. The number of nitriles is 2. The molecule has 2 aromatic rings. The summed E-state index contributed by atoms with van der Waals surface area (Å²) in [5.74, 6) is -0.419. The lowest BCUT2D eigenvalue weighted by Gasteiger charge is -2.11. The number of esters is 1. The summed E-state index contributed by atoms with van der Waals surface area (Å²) in [6, 6.07) is 12.7. The summed E-state index contributed by atoms with van der Waals surface area (Å²) in [4.78, 5) is 12.1. The molecule has 0 aliphatic rings. The van der Waals surface area contributed by atoms with Crippen molar-refractivity contribution in [3.05, 3.63) is 58.1 Å². The van der Waals surface area contributed by atoms with E-state index in [1.165, 1.54) is 43.5 Å². The average molecular weight is 313 g/mol. The number of hydrogen-bond donors (Lipinski definition) is 0. The van der Waals surface area contributed by atoms with Gasteiger partial charge in [0.05, 0.1) is 41.0 Å². The minimum atomic E-state index is -0.644. The van der Waals surface area contributed by atoms with Gasteiger partial charge in [-0.15, -0.1) is 0 Å². The second-order valence-electron chi connectivity index (χ2n) is 4.18. The fourth-order valence-corrected chi connectivity index (χ4v) is 1.97. The zero-order valence-electron chi connectivity index (χ0n) is 11.5. The summed E-state index contributed by atoms with van der Waals surface area (Å²) in [7, 11) is 1.38. The smallest absolute Gasteiger partial charge is 0.343 e. The van der Waals surface area contributed by atoms with Gasteiger partial charge >= 0.3 is 5.97 Å². The fraction of sp³-hybridized carbons (Fsp3) is 0.0625. The van der Waals surface area contributed by atoms with E-state index in [2.05, 4.69) is 0 Å². The quantitative estimate of drug-likeness (QED) is 0.641. The van der Waals surface area contributed by atoms with Crippen molar-refractivity contribution in [2.45, 2.75) is 0 Å². The van der Waals surface area contributed by atoms with Crippen molar-refractivity contribution in [1.29, 1.82) is 10.5 Å². The molecule has 0 unspecified atom stereocenters. The Balaban J connectivity index is 2.32. The highest BCUT2D eigenvalue weighted by molar-refractivity contribution is 6.32. The minimum Gasteiger partial charge on any atom is -0.493 e. The molecule has 0 aromatic heterocycles. The van der Waals surface area contributed by atoms with Gasteiger partial charge in [0.1, 0.15) is 0 Å². The SMILES string of the molecule is COc1cc(C#N)cc(Cl)c1OC(=O)c1ccc(C#N)cc1. The Morgan fingerprint density at radius 2 is 1.73 bits per heavy atom. The molecule has 0 fully saturated rings. The van der Waals surface area contributed by atoms with E-state index >= 15 is 0 Å². The maximum absolute atomic E-state index is 12.1. The molecule has 0 radical (unpaired) electrons. The van der Waals surface area contributed by atoms with Gasteiger partial charge in [-0.1, -0.05) is 11.6 Å². The molecule has 5 nitrogen and oxygen atoms in total.